The van der Waals surface area contributed by atoms with Crippen molar-refractivity contribution < 1.29 is 9.90 Å². The molecule has 1 saturated carbocycles. The van der Waals surface area contributed by atoms with E-state index in [9.17, 15) is 9.90 Å². The summed E-state index contributed by atoms with van der Waals surface area (Å²) in [5.74, 6) is 0.516. The number of benzene rings is 1. The topological polar surface area (TPSA) is 43.8 Å². The summed E-state index contributed by atoms with van der Waals surface area (Å²) in [5.41, 5.74) is 1.02. The predicted molar refractivity (Wildman–Crippen MR) is 93.6 cm³/mol. The molecule has 1 amide bonds. The van der Waals surface area contributed by atoms with Gasteiger partial charge in [-0.2, -0.15) is 0 Å². The van der Waals surface area contributed by atoms with Crippen LogP contribution in [0.5, 0.6) is 0 Å². The summed E-state index contributed by atoms with van der Waals surface area (Å²) in [4.78, 5) is 17.3. The number of carbonyl (C=O) groups is 1. The Kier molecular flexibility index (Phi) is 4.59. The van der Waals surface area contributed by atoms with E-state index < -0.39 is 6.10 Å². The first-order valence-corrected chi connectivity index (χ1v) is 9.49. The molecule has 1 N–H and O–H groups in total. The van der Waals surface area contributed by atoms with Crippen molar-refractivity contribution in [3.05, 3.63) is 35.9 Å². The average Bonchev–Trinajstić information content (AvgIpc) is 3.46. The highest BCUT2D eigenvalue weighted by Crippen LogP contribution is 2.38. The first-order chi connectivity index (χ1) is 11.7. The SMILES string of the molecule is O=C([C@@H](O)Cc1ccccc1)N1CCC2C(CCCN2C2CC2)C1. The van der Waals surface area contributed by atoms with Gasteiger partial charge in [0.15, 0.2) is 0 Å². The molecule has 3 fully saturated rings. The minimum absolute atomic E-state index is 0.0825. The van der Waals surface area contributed by atoms with E-state index in [2.05, 4.69) is 4.90 Å². The fourth-order valence-electron chi connectivity index (χ4n) is 4.64. The zero-order valence-electron chi connectivity index (χ0n) is 14.3. The molecule has 2 aliphatic heterocycles. The van der Waals surface area contributed by atoms with Gasteiger partial charge in [0.2, 0.25) is 0 Å². The molecule has 4 nitrogen and oxygen atoms in total. The molecule has 0 spiro atoms. The van der Waals surface area contributed by atoms with Gasteiger partial charge in [-0.05, 0) is 50.1 Å². The largest absolute Gasteiger partial charge is 0.383 e. The minimum atomic E-state index is -0.910. The van der Waals surface area contributed by atoms with Crippen LogP contribution in [0, 0.1) is 5.92 Å². The third kappa shape index (κ3) is 3.35. The van der Waals surface area contributed by atoms with Gasteiger partial charge in [-0.3, -0.25) is 9.69 Å². The molecule has 0 bridgehead atoms. The normalized spacial score (nSPS) is 29.1. The molecule has 3 aliphatic rings. The van der Waals surface area contributed by atoms with Crippen molar-refractivity contribution in [3.63, 3.8) is 0 Å². The fourth-order valence-corrected chi connectivity index (χ4v) is 4.64. The maximum absolute atomic E-state index is 12.7. The molecule has 24 heavy (non-hydrogen) atoms. The first-order valence-electron chi connectivity index (χ1n) is 9.49. The van der Waals surface area contributed by atoms with Crippen LogP contribution in [-0.2, 0) is 11.2 Å². The van der Waals surface area contributed by atoms with Crippen molar-refractivity contribution in [1.82, 2.24) is 9.80 Å². The number of aliphatic hydroxyl groups excluding tert-OH is 1. The zero-order valence-corrected chi connectivity index (χ0v) is 14.3. The van der Waals surface area contributed by atoms with Crippen LogP contribution in [0.1, 0.15) is 37.7 Å². The van der Waals surface area contributed by atoms with Crippen LogP contribution in [0.25, 0.3) is 0 Å². The number of aliphatic hydroxyl groups is 1. The quantitative estimate of drug-likeness (QED) is 0.920. The van der Waals surface area contributed by atoms with Gasteiger partial charge in [0.25, 0.3) is 5.91 Å². The van der Waals surface area contributed by atoms with Crippen LogP contribution < -0.4 is 0 Å². The molecule has 1 aromatic carbocycles. The Morgan fingerprint density at radius 3 is 2.67 bits per heavy atom. The Balaban J connectivity index is 1.36. The number of likely N-dealkylation sites (tertiary alicyclic amines) is 2. The van der Waals surface area contributed by atoms with E-state index in [1.165, 1.54) is 32.2 Å². The molecule has 2 saturated heterocycles. The van der Waals surface area contributed by atoms with Crippen molar-refractivity contribution in [1.29, 1.82) is 0 Å². The van der Waals surface area contributed by atoms with Crippen molar-refractivity contribution in [2.75, 3.05) is 19.6 Å². The molecule has 3 atom stereocenters. The number of amides is 1. The first kappa shape index (κ1) is 16.1. The van der Waals surface area contributed by atoms with E-state index in [1.54, 1.807) is 0 Å². The summed E-state index contributed by atoms with van der Waals surface area (Å²) in [6.07, 6.45) is 5.79. The lowest BCUT2D eigenvalue weighted by Crippen LogP contribution is -2.57. The number of fused-ring (bicyclic) bond motifs is 1. The second kappa shape index (κ2) is 6.85. The summed E-state index contributed by atoms with van der Waals surface area (Å²) < 4.78 is 0. The Morgan fingerprint density at radius 1 is 1.12 bits per heavy atom. The summed E-state index contributed by atoms with van der Waals surface area (Å²) in [5, 5.41) is 10.4. The monoisotopic (exact) mass is 328 g/mol. The number of rotatable bonds is 4. The molecular weight excluding hydrogens is 300 g/mol. The molecule has 4 rings (SSSR count). The summed E-state index contributed by atoms with van der Waals surface area (Å²) >= 11 is 0. The van der Waals surface area contributed by atoms with Gasteiger partial charge >= 0.3 is 0 Å². The maximum atomic E-state index is 12.7. The van der Waals surface area contributed by atoms with Gasteiger partial charge in [-0.25, -0.2) is 0 Å². The number of carbonyl (C=O) groups excluding carboxylic acids is 1. The highest BCUT2D eigenvalue weighted by atomic mass is 16.3. The summed E-state index contributed by atoms with van der Waals surface area (Å²) in [7, 11) is 0. The van der Waals surface area contributed by atoms with Crippen molar-refractivity contribution in [3.8, 4) is 0 Å². The maximum Gasteiger partial charge on any atom is 0.251 e. The number of hydrogen-bond donors (Lipinski definition) is 1. The second-order valence-electron chi connectivity index (χ2n) is 7.72. The van der Waals surface area contributed by atoms with Crippen LogP contribution in [-0.4, -0.2) is 58.6 Å². The Hall–Kier alpha value is -1.39. The van der Waals surface area contributed by atoms with Crippen molar-refractivity contribution in [2.24, 2.45) is 5.92 Å². The molecule has 0 aromatic heterocycles. The van der Waals surface area contributed by atoms with Crippen LogP contribution in [0.3, 0.4) is 0 Å². The molecule has 2 heterocycles. The third-order valence-electron chi connectivity index (χ3n) is 6.00. The van der Waals surface area contributed by atoms with Gasteiger partial charge < -0.3 is 10.0 Å². The molecule has 130 valence electrons. The predicted octanol–water partition coefficient (Wildman–Crippen LogP) is 2.07. The van der Waals surface area contributed by atoms with Gasteiger partial charge in [0, 0.05) is 31.6 Å². The van der Waals surface area contributed by atoms with Crippen LogP contribution in [0.4, 0.5) is 0 Å². The van der Waals surface area contributed by atoms with Gasteiger partial charge in [-0.15, -0.1) is 0 Å². The van der Waals surface area contributed by atoms with Gasteiger partial charge in [0.1, 0.15) is 6.10 Å². The number of hydrogen-bond acceptors (Lipinski definition) is 3. The lowest BCUT2D eigenvalue weighted by atomic mass is 9.83. The van der Waals surface area contributed by atoms with E-state index in [-0.39, 0.29) is 5.91 Å². The van der Waals surface area contributed by atoms with E-state index in [1.807, 2.05) is 35.2 Å². The average molecular weight is 328 g/mol. The van der Waals surface area contributed by atoms with Gasteiger partial charge in [-0.1, -0.05) is 30.3 Å². The third-order valence-corrected chi connectivity index (χ3v) is 6.00. The molecule has 1 aliphatic carbocycles. The minimum Gasteiger partial charge on any atom is -0.383 e. The van der Waals surface area contributed by atoms with E-state index in [4.69, 9.17) is 0 Å². The zero-order chi connectivity index (χ0) is 16.5. The van der Waals surface area contributed by atoms with Crippen LogP contribution in [0.2, 0.25) is 0 Å². The molecule has 4 heteroatoms. The smallest absolute Gasteiger partial charge is 0.251 e. The number of piperidine rings is 2. The fraction of sp³-hybridized carbons (Fsp3) is 0.650. The van der Waals surface area contributed by atoms with E-state index >= 15 is 0 Å². The summed E-state index contributed by atoms with van der Waals surface area (Å²) in [6, 6.07) is 11.3. The Morgan fingerprint density at radius 2 is 1.92 bits per heavy atom. The second-order valence-corrected chi connectivity index (χ2v) is 7.72. The highest BCUT2D eigenvalue weighted by molar-refractivity contribution is 5.81. The summed E-state index contributed by atoms with van der Waals surface area (Å²) in [6.45, 7) is 2.88. The van der Waals surface area contributed by atoms with Crippen molar-refractivity contribution >= 4 is 5.91 Å². The lowest BCUT2D eigenvalue weighted by Gasteiger charge is -2.47. The Bertz CT molecular complexity index is 572. The van der Waals surface area contributed by atoms with E-state index in [0.29, 0.717) is 18.4 Å². The number of nitrogens with zero attached hydrogens (tertiary/aromatic N) is 2. The van der Waals surface area contributed by atoms with Gasteiger partial charge in [0.05, 0.1) is 0 Å². The standard InChI is InChI=1S/C20H28N2O2/c23-19(13-15-5-2-1-3-6-15)20(24)21-12-10-18-16(14-21)7-4-11-22(18)17-8-9-17/h1-3,5-6,16-19,23H,4,7-14H2/t16?,18?,19-/m0/s1. The molecule has 0 radical (unpaired) electrons. The van der Waals surface area contributed by atoms with Crippen molar-refractivity contribution in [2.45, 2.75) is 56.7 Å². The van der Waals surface area contributed by atoms with E-state index in [0.717, 1.165) is 31.1 Å². The highest BCUT2D eigenvalue weighted by Gasteiger charge is 2.43. The lowest BCUT2D eigenvalue weighted by molar-refractivity contribution is -0.144. The molecule has 2 unspecified atom stereocenters. The molecular formula is C20H28N2O2. The molecule has 1 aromatic rings. The van der Waals surface area contributed by atoms with Crippen LogP contribution in [0.15, 0.2) is 30.3 Å². The Labute approximate surface area is 144 Å². The van der Waals surface area contributed by atoms with Crippen LogP contribution >= 0.6 is 0 Å².